The Hall–Kier alpha value is -2.57. The Morgan fingerprint density at radius 2 is 1.93 bits per heavy atom. The van der Waals surface area contributed by atoms with Crippen molar-refractivity contribution >= 4 is 21.9 Å². The molecule has 2 heterocycles. The van der Waals surface area contributed by atoms with Gasteiger partial charge in [-0.1, -0.05) is 19.9 Å². The second kappa shape index (κ2) is 6.55. The molecule has 1 unspecified atom stereocenters. The molecule has 1 aromatic carbocycles. The lowest BCUT2D eigenvalue weighted by atomic mass is 9.85. The molecule has 144 valence electrons. The van der Waals surface area contributed by atoms with Crippen LogP contribution in [0.5, 0.6) is 5.75 Å². The Kier molecular flexibility index (Phi) is 4.66. The number of rotatable bonds is 6. The first kappa shape index (κ1) is 19.2. The number of fused-ring (bicyclic) bond motifs is 2. The average Bonchev–Trinajstić information content (AvgIpc) is 3.04. The third-order valence-corrected chi connectivity index (χ3v) is 4.83. The number of allylic oxidation sites excluding steroid dienone is 1. The monoisotopic (exact) mass is 372 g/mol. The molecule has 0 saturated heterocycles. The maximum atomic E-state index is 12.5. The van der Waals surface area contributed by atoms with Crippen molar-refractivity contribution in [2.24, 2.45) is 0 Å². The van der Waals surface area contributed by atoms with Crippen molar-refractivity contribution in [3.8, 4) is 5.75 Å². The molecule has 0 radical (unpaired) electrons. The van der Waals surface area contributed by atoms with Crippen LogP contribution in [-0.2, 0) is 5.41 Å². The van der Waals surface area contributed by atoms with E-state index in [0.717, 1.165) is 0 Å². The molecule has 6 nitrogen and oxygen atoms in total. The van der Waals surface area contributed by atoms with E-state index in [1.807, 2.05) is 13.8 Å². The van der Waals surface area contributed by atoms with Crippen molar-refractivity contribution in [2.75, 3.05) is 6.61 Å². The molecule has 2 N–H and O–H groups in total. The summed E-state index contributed by atoms with van der Waals surface area (Å²) in [4.78, 5) is 12.5. The summed E-state index contributed by atoms with van der Waals surface area (Å²) in [6.45, 7) is 10.4. The quantitative estimate of drug-likeness (QED) is 0.508. The van der Waals surface area contributed by atoms with Gasteiger partial charge in [0.2, 0.25) is 0 Å². The van der Waals surface area contributed by atoms with Gasteiger partial charge in [-0.25, -0.2) is 4.79 Å². The predicted octanol–water partition coefficient (Wildman–Crippen LogP) is 3.51. The maximum absolute atomic E-state index is 12.5. The van der Waals surface area contributed by atoms with E-state index in [2.05, 4.69) is 6.58 Å². The van der Waals surface area contributed by atoms with Crippen LogP contribution in [0.2, 0.25) is 0 Å². The van der Waals surface area contributed by atoms with Gasteiger partial charge in [-0.05, 0) is 26.0 Å². The van der Waals surface area contributed by atoms with Crippen LogP contribution < -0.4 is 10.4 Å². The zero-order valence-corrected chi connectivity index (χ0v) is 15.9. The Morgan fingerprint density at radius 3 is 2.56 bits per heavy atom. The number of hydrogen-bond acceptors (Lipinski definition) is 6. The van der Waals surface area contributed by atoms with E-state index in [1.165, 1.54) is 20.1 Å². The van der Waals surface area contributed by atoms with Crippen LogP contribution >= 0.6 is 0 Å². The molecular weight excluding hydrogens is 348 g/mol. The van der Waals surface area contributed by atoms with E-state index in [0.29, 0.717) is 33.3 Å². The lowest BCUT2D eigenvalue weighted by Gasteiger charge is -2.25. The van der Waals surface area contributed by atoms with Crippen molar-refractivity contribution in [2.45, 2.75) is 44.8 Å². The highest BCUT2D eigenvalue weighted by Gasteiger charge is 2.27. The first-order chi connectivity index (χ1) is 12.5. The molecule has 3 rings (SSSR count). The van der Waals surface area contributed by atoms with Gasteiger partial charge in [0, 0.05) is 17.0 Å². The van der Waals surface area contributed by atoms with Crippen molar-refractivity contribution in [3.05, 3.63) is 53.1 Å². The van der Waals surface area contributed by atoms with E-state index in [4.69, 9.17) is 13.6 Å². The van der Waals surface area contributed by atoms with Crippen LogP contribution in [0.1, 0.15) is 33.3 Å². The summed E-state index contributed by atoms with van der Waals surface area (Å²) < 4.78 is 16.8. The van der Waals surface area contributed by atoms with Crippen LogP contribution in [0, 0.1) is 0 Å². The summed E-state index contributed by atoms with van der Waals surface area (Å²) in [6.07, 6.45) is 2.09. The molecule has 0 amide bonds. The zero-order valence-electron chi connectivity index (χ0n) is 15.9. The van der Waals surface area contributed by atoms with Gasteiger partial charge in [0.15, 0.2) is 0 Å². The standard InChI is InChI=1S/C21H24O6/c1-6-20(2,3)14-9-13-16(27-19(14)23)10-15-12(7-8-25-15)18(13)26-11-17(22)21(4,5)24/h6-10,17,22,24H,1,11H2,2-5H3. The highest BCUT2D eigenvalue weighted by atomic mass is 16.5. The van der Waals surface area contributed by atoms with Crippen LogP contribution in [0.25, 0.3) is 21.9 Å². The SMILES string of the molecule is C=CC(C)(C)c1cc2c(OCC(O)C(C)(C)O)c3ccoc3cc2oc1=O. The zero-order chi connectivity index (χ0) is 20.0. The fraction of sp³-hybridized carbons (Fsp3) is 0.381. The van der Waals surface area contributed by atoms with E-state index in [1.54, 1.807) is 24.3 Å². The molecule has 3 aromatic rings. The van der Waals surface area contributed by atoms with Gasteiger partial charge in [-0.15, -0.1) is 6.58 Å². The van der Waals surface area contributed by atoms with Crippen LogP contribution in [0.3, 0.4) is 0 Å². The Bertz CT molecular complexity index is 1050. The van der Waals surface area contributed by atoms with Crippen molar-refractivity contribution in [3.63, 3.8) is 0 Å². The molecule has 0 aliphatic carbocycles. The molecule has 0 spiro atoms. The summed E-state index contributed by atoms with van der Waals surface area (Å²) >= 11 is 0. The lowest BCUT2D eigenvalue weighted by molar-refractivity contribution is -0.0658. The van der Waals surface area contributed by atoms with E-state index in [9.17, 15) is 15.0 Å². The summed E-state index contributed by atoms with van der Waals surface area (Å²) in [5.74, 6) is 0.421. The topological polar surface area (TPSA) is 93.0 Å². The van der Waals surface area contributed by atoms with Crippen molar-refractivity contribution < 1.29 is 23.8 Å². The van der Waals surface area contributed by atoms with Crippen LogP contribution in [0.15, 0.2) is 50.7 Å². The molecular formula is C21H24O6. The number of aliphatic hydroxyl groups is 2. The first-order valence-electron chi connectivity index (χ1n) is 8.70. The van der Waals surface area contributed by atoms with E-state index >= 15 is 0 Å². The summed E-state index contributed by atoms with van der Waals surface area (Å²) in [5, 5.41) is 21.3. The third-order valence-electron chi connectivity index (χ3n) is 4.83. The summed E-state index contributed by atoms with van der Waals surface area (Å²) in [7, 11) is 0. The van der Waals surface area contributed by atoms with E-state index in [-0.39, 0.29) is 6.61 Å². The lowest BCUT2D eigenvalue weighted by Crippen LogP contribution is -2.40. The smallest absolute Gasteiger partial charge is 0.340 e. The van der Waals surface area contributed by atoms with Gasteiger partial charge in [-0.2, -0.15) is 0 Å². The largest absolute Gasteiger partial charge is 0.489 e. The second-order valence-electron chi connectivity index (χ2n) is 7.80. The molecule has 0 aliphatic rings. The minimum atomic E-state index is -1.32. The molecule has 2 aromatic heterocycles. The molecule has 0 fully saturated rings. The molecule has 27 heavy (non-hydrogen) atoms. The Morgan fingerprint density at radius 1 is 1.22 bits per heavy atom. The summed E-state index contributed by atoms with van der Waals surface area (Å²) in [5.41, 5.74) is -1.11. The van der Waals surface area contributed by atoms with E-state index < -0.39 is 22.7 Å². The van der Waals surface area contributed by atoms with Gasteiger partial charge in [0.1, 0.15) is 29.6 Å². The minimum Gasteiger partial charge on any atom is -0.489 e. The highest BCUT2D eigenvalue weighted by molar-refractivity contribution is 6.01. The third kappa shape index (κ3) is 3.50. The van der Waals surface area contributed by atoms with Crippen molar-refractivity contribution in [1.29, 1.82) is 0 Å². The van der Waals surface area contributed by atoms with Gasteiger partial charge < -0.3 is 23.8 Å². The molecule has 0 saturated carbocycles. The molecule has 1 atom stereocenters. The second-order valence-corrected chi connectivity index (χ2v) is 7.80. The minimum absolute atomic E-state index is 0.137. The summed E-state index contributed by atoms with van der Waals surface area (Å²) in [6, 6.07) is 5.10. The number of ether oxygens (including phenoxy) is 1. The fourth-order valence-electron chi connectivity index (χ4n) is 2.73. The molecule has 6 heteroatoms. The normalized spacial score (nSPS) is 13.9. The van der Waals surface area contributed by atoms with Crippen LogP contribution in [-0.4, -0.2) is 28.5 Å². The number of hydrogen-bond donors (Lipinski definition) is 2. The predicted molar refractivity (Wildman–Crippen MR) is 103 cm³/mol. The van der Waals surface area contributed by atoms with Crippen molar-refractivity contribution in [1.82, 2.24) is 0 Å². The highest BCUT2D eigenvalue weighted by Crippen LogP contribution is 2.37. The number of aliphatic hydroxyl groups excluding tert-OH is 1. The fourth-order valence-corrected chi connectivity index (χ4v) is 2.73. The van der Waals surface area contributed by atoms with Gasteiger partial charge in [-0.3, -0.25) is 0 Å². The Balaban J connectivity index is 2.21. The maximum Gasteiger partial charge on any atom is 0.340 e. The number of benzene rings is 1. The van der Waals surface area contributed by atoms with Gasteiger partial charge in [0.05, 0.1) is 22.6 Å². The number of furan rings is 1. The molecule has 0 bridgehead atoms. The van der Waals surface area contributed by atoms with Gasteiger partial charge >= 0.3 is 5.63 Å². The first-order valence-corrected chi connectivity index (χ1v) is 8.70. The Labute approximate surface area is 156 Å². The van der Waals surface area contributed by atoms with Gasteiger partial charge in [0.25, 0.3) is 0 Å². The molecule has 0 aliphatic heterocycles. The van der Waals surface area contributed by atoms with Crippen LogP contribution in [0.4, 0.5) is 0 Å². The average molecular weight is 372 g/mol.